The molecule has 19 heavy (non-hydrogen) atoms. The third kappa shape index (κ3) is 7.31. The van der Waals surface area contributed by atoms with Crippen molar-refractivity contribution in [1.29, 1.82) is 0 Å². The Morgan fingerprint density at radius 1 is 1.05 bits per heavy atom. The zero-order valence-electron chi connectivity index (χ0n) is 13.8. The highest BCUT2D eigenvalue weighted by atomic mass is 15.1. The van der Waals surface area contributed by atoms with Gasteiger partial charge in [0.1, 0.15) is 0 Å². The van der Waals surface area contributed by atoms with Gasteiger partial charge in [-0.2, -0.15) is 0 Å². The molecule has 0 aromatic heterocycles. The Bertz CT molecular complexity index is 217. The fourth-order valence-electron chi connectivity index (χ4n) is 3.04. The van der Waals surface area contributed by atoms with Crippen LogP contribution in [-0.2, 0) is 0 Å². The Labute approximate surface area is 121 Å². The van der Waals surface area contributed by atoms with Crippen LogP contribution < -0.4 is 5.32 Å². The van der Waals surface area contributed by atoms with Crippen LogP contribution in [0.1, 0.15) is 72.6 Å². The van der Waals surface area contributed by atoms with Crippen molar-refractivity contribution >= 4 is 0 Å². The summed E-state index contributed by atoms with van der Waals surface area (Å²) < 4.78 is 0. The van der Waals surface area contributed by atoms with Crippen molar-refractivity contribution in [2.45, 2.75) is 78.7 Å². The first-order valence-corrected chi connectivity index (χ1v) is 8.53. The van der Waals surface area contributed by atoms with E-state index in [2.05, 4.69) is 37.9 Å². The van der Waals surface area contributed by atoms with Gasteiger partial charge in [0.15, 0.2) is 0 Å². The molecule has 0 atom stereocenters. The zero-order valence-corrected chi connectivity index (χ0v) is 13.8. The predicted molar refractivity (Wildman–Crippen MR) is 85.7 cm³/mol. The van der Waals surface area contributed by atoms with E-state index in [-0.39, 0.29) is 0 Å². The average Bonchev–Trinajstić information content (AvgIpc) is 2.39. The van der Waals surface area contributed by atoms with Crippen LogP contribution in [0.2, 0.25) is 0 Å². The number of hydrogen-bond acceptors (Lipinski definition) is 2. The molecule has 0 radical (unpaired) electrons. The zero-order chi connectivity index (χ0) is 14.1. The quantitative estimate of drug-likeness (QED) is 0.635. The third-order valence-electron chi connectivity index (χ3n) is 4.45. The summed E-state index contributed by atoms with van der Waals surface area (Å²) in [5.74, 6) is 0. The molecule has 0 aliphatic carbocycles. The molecule has 1 rings (SSSR count). The number of rotatable bonds is 9. The molecule has 2 heteroatoms. The summed E-state index contributed by atoms with van der Waals surface area (Å²) in [6.45, 7) is 14.5. The van der Waals surface area contributed by atoms with Crippen molar-refractivity contribution in [2.75, 3.05) is 26.2 Å². The van der Waals surface area contributed by atoms with E-state index in [0.29, 0.717) is 5.41 Å². The lowest BCUT2D eigenvalue weighted by Crippen LogP contribution is -2.45. The van der Waals surface area contributed by atoms with Crippen LogP contribution in [0, 0.1) is 5.41 Å². The van der Waals surface area contributed by atoms with Crippen molar-refractivity contribution in [3.05, 3.63) is 0 Å². The van der Waals surface area contributed by atoms with E-state index < -0.39 is 0 Å². The van der Waals surface area contributed by atoms with Gasteiger partial charge < -0.3 is 10.2 Å². The second-order valence-corrected chi connectivity index (χ2v) is 7.12. The van der Waals surface area contributed by atoms with Gasteiger partial charge in [-0.1, -0.05) is 47.0 Å². The molecule has 2 nitrogen and oxygen atoms in total. The summed E-state index contributed by atoms with van der Waals surface area (Å²) in [4.78, 5) is 2.62. The van der Waals surface area contributed by atoms with Gasteiger partial charge in [-0.3, -0.25) is 0 Å². The Kier molecular flexibility index (Phi) is 8.01. The maximum absolute atomic E-state index is 3.82. The lowest BCUT2D eigenvalue weighted by atomic mass is 9.86. The maximum atomic E-state index is 3.82. The van der Waals surface area contributed by atoms with Gasteiger partial charge >= 0.3 is 0 Å². The molecule has 114 valence electrons. The van der Waals surface area contributed by atoms with Gasteiger partial charge in [0.25, 0.3) is 0 Å². The van der Waals surface area contributed by atoms with E-state index in [1.807, 2.05) is 0 Å². The third-order valence-corrected chi connectivity index (χ3v) is 4.45. The summed E-state index contributed by atoms with van der Waals surface area (Å²) >= 11 is 0. The predicted octanol–water partition coefficient (Wildman–Crippen LogP) is 4.06. The van der Waals surface area contributed by atoms with Gasteiger partial charge in [0, 0.05) is 12.6 Å². The monoisotopic (exact) mass is 268 g/mol. The molecule has 0 spiro atoms. The SMILES string of the molecule is CCCCCC(C)(C)CNC1CCN(CCC)CC1. The Hall–Kier alpha value is -0.0800. The van der Waals surface area contributed by atoms with Crippen LogP contribution in [0.3, 0.4) is 0 Å². The maximum Gasteiger partial charge on any atom is 0.00916 e. The first kappa shape index (κ1) is 17.0. The molecule has 0 aromatic rings. The molecule has 1 aliphatic heterocycles. The summed E-state index contributed by atoms with van der Waals surface area (Å²) in [6.07, 6.45) is 9.44. The first-order valence-electron chi connectivity index (χ1n) is 8.53. The van der Waals surface area contributed by atoms with Gasteiger partial charge in [-0.05, 0) is 50.7 Å². The van der Waals surface area contributed by atoms with Crippen molar-refractivity contribution < 1.29 is 0 Å². The molecule has 1 fully saturated rings. The lowest BCUT2D eigenvalue weighted by molar-refractivity contribution is 0.185. The summed E-state index contributed by atoms with van der Waals surface area (Å²) in [6, 6.07) is 0.763. The molecule has 1 saturated heterocycles. The van der Waals surface area contributed by atoms with Crippen LogP contribution in [0.15, 0.2) is 0 Å². The second-order valence-electron chi connectivity index (χ2n) is 7.12. The van der Waals surface area contributed by atoms with E-state index in [0.717, 1.165) is 6.04 Å². The smallest absolute Gasteiger partial charge is 0.00916 e. The lowest BCUT2D eigenvalue weighted by Gasteiger charge is -2.34. The van der Waals surface area contributed by atoms with E-state index in [9.17, 15) is 0 Å². The van der Waals surface area contributed by atoms with Crippen LogP contribution >= 0.6 is 0 Å². The van der Waals surface area contributed by atoms with Gasteiger partial charge in [0.2, 0.25) is 0 Å². The number of unbranched alkanes of at least 4 members (excludes halogenated alkanes) is 2. The standard InChI is InChI=1S/C17H36N2/c1-5-7-8-11-17(3,4)15-18-16-9-13-19(12-6-2)14-10-16/h16,18H,5-15H2,1-4H3. The summed E-state index contributed by atoms with van der Waals surface area (Å²) in [5, 5.41) is 3.82. The Morgan fingerprint density at radius 3 is 2.32 bits per heavy atom. The molecule has 0 saturated carbocycles. The molecule has 0 aromatic carbocycles. The van der Waals surface area contributed by atoms with E-state index in [1.54, 1.807) is 0 Å². The minimum atomic E-state index is 0.468. The van der Waals surface area contributed by atoms with Gasteiger partial charge in [-0.25, -0.2) is 0 Å². The number of piperidine rings is 1. The van der Waals surface area contributed by atoms with Crippen LogP contribution in [-0.4, -0.2) is 37.1 Å². The number of nitrogens with one attached hydrogen (secondary N) is 1. The highest BCUT2D eigenvalue weighted by molar-refractivity contribution is 4.80. The fraction of sp³-hybridized carbons (Fsp3) is 1.00. The molecule has 1 heterocycles. The summed E-state index contributed by atoms with van der Waals surface area (Å²) in [7, 11) is 0. The van der Waals surface area contributed by atoms with E-state index in [4.69, 9.17) is 0 Å². The van der Waals surface area contributed by atoms with Crippen molar-refractivity contribution in [1.82, 2.24) is 10.2 Å². The molecule has 0 amide bonds. The normalized spacial score (nSPS) is 18.9. The number of likely N-dealkylation sites (tertiary alicyclic amines) is 1. The first-order chi connectivity index (χ1) is 9.07. The minimum Gasteiger partial charge on any atom is -0.313 e. The molecule has 0 unspecified atom stereocenters. The Balaban J connectivity index is 2.15. The van der Waals surface area contributed by atoms with Crippen molar-refractivity contribution in [3.8, 4) is 0 Å². The summed E-state index contributed by atoms with van der Waals surface area (Å²) in [5.41, 5.74) is 0.468. The fourth-order valence-corrected chi connectivity index (χ4v) is 3.04. The van der Waals surface area contributed by atoms with Gasteiger partial charge in [0.05, 0.1) is 0 Å². The van der Waals surface area contributed by atoms with Crippen molar-refractivity contribution in [3.63, 3.8) is 0 Å². The van der Waals surface area contributed by atoms with E-state index in [1.165, 1.54) is 71.1 Å². The highest BCUT2D eigenvalue weighted by Crippen LogP contribution is 2.23. The highest BCUT2D eigenvalue weighted by Gasteiger charge is 2.22. The largest absolute Gasteiger partial charge is 0.313 e. The van der Waals surface area contributed by atoms with Crippen LogP contribution in [0.25, 0.3) is 0 Å². The van der Waals surface area contributed by atoms with Crippen LogP contribution in [0.4, 0.5) is 0 Å². The molecular formula is C17H36N2. The average molecular weight is 268 g/mol. The number of nitrogens with zero attached hydrogens (tertiary/aromatic N) is 1. The molecular weight excluding hydrogens is 232 g/mol. The van der Waals surface area contributed by atoms with Gasteiger partial charge in [-0.15, -0.1) is 0 Å². The second kappa shape index (κ2) is 8.97. The molecule has 0 bridgehead atoms. The van der Waals surface area contributed by atoms with E-state index >= 15 is 0 Å². The topological polar surface area (TPSA) is 15.3 Å². The Morgan fingerprint density at radius 2 is 1.74 bits per heavy atom. The van der Waals surface area contributed by atoms with Crippen LogP contribution in [0.5, 0.6) is 0 Å². The molecule has 1 N–H and O–H groups in total. The number of hydrogen-bond donors (Lipinski definition) is 1. The molecule has 1 aliphatic rings. The minimum absolute atomic E-state index is 0.468. The van der Waals surface area contributed by atoms with Crippen molar-refractivity contribution in [2.24, 2.45) is 5.41 Å².